The Labute approximate surface area is 179 Å². The number of para-hydroxylation sites is 1. The van der Waals surface area contributed by atoms with Gasteiger partial charge >= 0.3 is 0 Å². The molecule has 2 aromatic heterocycles. The van der Waals surface area contributed by atoms with E-state index in [9.17, 15) is 4.79 Å². The molecular formula is C20H23ClN3O2S2-. The summed E-state index contributed by atoms with van der Waals surface area (Å²) in [6.45, 7) is 3.87. The second-order valence-corrected chi connectivity index (χ2v) is 8.16. The summed E-state index contributed by atoms with van der Waals surface area (Å²) >= 11 is 3.12. The van der Waals surface area contributed by atoms with E-state index in [4.69, 9.17) is 9.72 Å². The van der Waals surface area contributed by atoms with Gasteiger partial charge in [-0.05, 0) is 50.7 Å². The van der Waals surface area contributed by atoms with Crippen LogP contribution in [0.1, 0.15) is 11.8 Å². The Hall–Kier alpha value is -1.93. The van der Waals surface area contributed by atoms with Crippen molar-refractivity contribution < 1.29 is 21.9 Å². The minimum absolute atomic E-state index is 0. The normalized spacial score (nSPS) is 11.1. The molecule has 0 aliphatic rings. The van der Waals surface area contributed by atoms with Gasteiger partial charge in [0.2, 0.25) is 0 Å². The van der Waals surface area contributed by atoms with E-state index < -0.39 is 0 Å². The van der Waals surface area contributed by atoms with E-state index >= 15 is 0 Å². The second-order valence-electron chi connectivity index (χ2n) is 6.17. The number of fused-ring (bicyclic) bond motifs is 1. The fourth-order valence-electron chi connectivity index (χ4n) is 2.53. The lowest BCUT2D eigenvalue weighted by atomic mass is 10.3. The number of ether oxygens (including phenoxy) is 1. The maximum absolute atomic E-state index is 12.9. The minimum atomic E-state index is -0.0673. The van der Waals surface area contributed by atoms with E-state index in [-0.39, 0.29) is 18.3 Å². The summed E-state index contributed by atoms with van der Waals surface area (Å²) in [4.78, 5) is 22.5. The van der Waals surface area contributed by atoms with Crippen molar-refractivity contribution in [1.29, 1.82) is 0 Å². The zero-order valence-corrected chi connectivity index (χ0v) is 18.5. The quantitative estimate of drug-likeness (QED) is 0.500. The number of hydrogen-bond acceptors (Lipinski definition) is 6. The van der Waals surface area contributed by atoms with Crippen LogP contribution in [0.15, 0.2) is 41.8 Å². The molecule has 1 amide bonds. The number of rotatable bonds is 8. The van der Waals surface area contributed by atoms with Crippen molar-refractivity contribution in [2.45, 2.75) is 6.92 Å². The van der Waals surface area contributed by atoms with E-state index in [0.29, 0.717) is 18.3 Å². The summed E-state index contributed by atoms with van der Waals surface area (Å²) in [7, 11) is 3.99. The third-order valence-electron chi connectivity index (χ3n) is 3.87. The predicted molar refractivity (Wildman–Crippen MR) is 115 cm³/mol. The number of carbonyl (C=O) groups is 1. The minimum Gasteiger partial charge on any atom is -1.00 e. The number of thiophene rings is 1. The van der Waals surface area contributed by atoms with E-state index in [1.165, 1.54) is 11.3 Å². The van der Waals surface area contributed by atoms with Crippen LogP contribution in [0.5, 0.6) is 5.75 Å². The Morgan fingerprint density at radius 3 is 2.71 bits per heavy atom. The lowest BCUT2D eigenvalue weighted by Crippen LogP contribution is -3.00. The summed E-state index contributed by atoms with van der Waals surface area (Å²) in [5.74, 6) is 0.689. The average Bonchev–Trinajstić information content (AvgIpc) is 3.30. The molecule has 0 N–H and O–H groups in total. The van der Waals surface area contributed by atoms with E-state index in [2.05, 4.69) is 4.90 Å². The molecule has 0 bridgehead atoms. The molecule has 0 atom stereocenters. The Bertz CT molecular complexity index is 923. The fourth-order valence-corrected chi connectivity index (χ4v) is 4.16. The highest BCUT2D eigenvalue weighted by atomic mass is 35.5. The van der Waals surface area contributed by atoms with Gasteiger partial charge < -0.3 is 22.0 Å². The van der Waals surface area contributed by atoms with Crippen LogP contribution in [0, 0.1) is 0 Å². The molecule has 0 saturated heterocycles. The van der Waals surface area contributed by atoms with Gasteiger partial charge in [-0.2, -0.15) is 0 Å². The van der Waals surface area contributed by atoms with Gasteiger partial charge in [0.05, 0.1) is 11.3 Å². The van der Waals surface area contributed by atoms with Crippen molar-refractivity contribution >= 4 is 50.0 Å². The Morgan fingerprint density at radius 2 is 2.04 bits per heavy atom. The first kappa shape index (κ1) is 22.4. The van der Waals surface area contributed by atoms with Gasteiger partial charge in [-0.15, -0.1) is 11.3 Å². The molecule has 0 aliphatic heterocycles. The standard InChI is InChI=1S/C20H23N3O2S2.ClH/c1-4-25-16-8-5-9-17-19(16)21-20(27-17)23(13-12-22(2)3)18(24)11-10-15-7-6-14-26-15;/h5-11,14H,4,12-13H2,1-3H3;1H/p-1/b11-10+;. The third kappa shape index (κ3) is 5.54. The molecule has 2 heterocycles. The van der Waals surface area contributed by atoms with Gasteiger partial charge in [0, 0.05) is 24.0 Å². The molecule has 0 aliphatic carbocycles. The van der Waals surface area contributed by atoms with E-state index in [1.807, 2.05) is 62.8 Å². The number of benzene rings is 1. The Balaban J connectivity index is 0.00000280. The molecule has 3 rings (SSSR count). The molecule has 0 radical (unpaired) electrons. The summed E-state index contributed by atoms with van der Waals surface area (Å²) < 4.78 is 6.70. The Kier molecular flexibility index (Phi) is 8.44. The Morgan fingerprint density at radius 1 is 1.21 bits per heavy atom. The molecule has 8 heteroatoms. The van der Waals surface area contributed by atoms with Gasteiger partial charge in [0.15, 0.2) is 5.13 Å². The summed E-state index contributed by atoms with van der Waals surface area (Å²) in [6.07, 6.45) is 3.48. The number of aromatic nitrogens is 1. The van der Waals surface area contributed by atoms with E-state index in [0.717, 1.165) is 27.4 Å². The molecule has 0 fully saturated rings. The van der Waals surface area contributed by atoms with Crippen molar-refractivity contribution in [2.75, 3.05) is 38.7 Å². The zero-order valence-electron chi connectivity index (χ0n) is 16.1. The first-order valence-corrected chi connectivity index (χ1v) is 10.5. The number of carbonyl (C=O) groups excluding carboxylic acids is 1. The van der Waals surface area contributed by atoms with Crippen molar-refractivity contribution in [3.63, 3.8) is 0 Å². The zero-order chi connectivity index (χ0) is 19.2. The van der Waals surface area contributed by atoms with Crippen LogP contribution >= 0.6 is 22.7 Å². The number of nitrogens with zero attached hydrogens (tertiary/aromatic N) is 3. The molecule has 150 valence electrons. The maximum Gasteiger partial charge on any atom is 0.252 e. The topological polar surface area (TPSA) is 45.7 Å². The van der Waals surface area contributed by atoms with Crippen LogP contribution in [0.25, 0.3) is 16.3 Å². The number of thiazole rings is 1. The van der Waals surface area contributed by atoms with Crippen molar-refractivity contribution in [1.82, 2.24) is 9.88 Å². The molecule has 0 spiro atoms. The summed E-state index contributed by atoms with van der Waals surface area (Å²) in [6, 6.07) is 9.84. The molecule has 28 heavy (non-hydrogen) atoms. The third-order valence-corrected chi connectivity index (χ3v) is 5.75. The molecule has 0 unspecified atom stereocenters. The van der Waals surface area contributed by atoms with Crippen LogP contribution in [0.3, 0.4) is 0 Å². The summed E-state index contributed by atoms with van der Waals surface area (Å²) in [5, 5.41) is 2.69. The first-order chi connectivity index (χ1) is 13.1. The number of likely N-dealkylation sites (N-methyl/N-ethyl adjacent to an activating group) is 1. The van der Waals surface area contributed by atoms with Crippen LogP contribution in [-0.2, 0) is 4.79 Å². The average molecular weight is 437 g/mol. The predicted octanol–water partition coefficient (Wildman–Crippen LogP) is 1.37. The summed E-state index contributed by atoms with van der Waals surface area (Å²) in [5.41, 5.74) is 0.809. The van der Waals surface area contributed by atoms with E-state index in [1.54, 1.807) is 22.3 Å². The van der Waals surface area contributed by atoms with Gasteiger partial charge in [0.25, 0.3) is 5.91 Å². The van der Waals surface area contributed by atoms with Crippen molar-refractivity contribution in [3.8, 4) is 5.75 Å². The molecule has 3 aromatic rings. The van der Waals surface area contributed by atoms with Crippen LogP contribution in [0.2, 0.25) is 0 Å². The van der Waals surface area contributed by atoms with Gasteiger partial charge in [-0.3, -0.25) is 9.69 Å². The van der Waals surface area contributed by atoms with Gasteiger partial charge in [0.1, 0.15) is 11.3 Å². The molecule has 0 saturated carbocycles. The number of halogens is 1. The van der Waals surface area contributed by atoms with Crippen molar-refractivity contribution in [2.24, 2.45) is 0 Å². The fraction of sp³-hybridized carbons (Fsp3) is 0.300. The van der Waals surface area contributed by atoms with Crippen molar-refractivity contribution in [3.05, 3.63) is 46.7 Å². The first-order valence-electron chi connectivity index (χ1n) is 8.78. The van der Waals surface area contributed by atoms with Crippen LogP contribution in [0.4, 0.5) is 5.13 Å². The lowest BCUT2D eigenvalue weighted by molar-refractivity contribution is -0.114. The number of hydrogen-bond donors (Lipinski definition) is 0. The smallest absolute Gasteiger partial charge is 0.252 e. The number of amides is 1. The largest absolute Gasteiger partial charge is 1.00 e. The maximum atomic E-state index is 12.9. The van der Waals surface area contributed by atoms with Crippen LogP contribution < -0.4 is 22.0 Å². The highest BCUT2D eigenvalue weighted by Crippen LogP contribution is 2.34. The monoisotopic (exact) mass is 436 g/mol. The lowest BCUT2D eigenvalue weighted by Gasteiger charge is -2.20. The molecule has 1 aromatic carbocycles. The molecular weight excluding hydrogens is 414 g/mol. The van der Waals surface area contributed by atoms with Crippen LogP contribution in [-0.4, -0.2) is 49.6 Å². The molecule has 5 nitrogen and oxygen atoms in total. The van der Waals surface area contributed by atoms with Gasteiger partial charge in [-0.1, -0.05) is 23.5 Å². The second kappa shape index (κ2) is 10.6. The van der Waals surface area contributed by atoms with Gasteiger partial charge in [-0.25, -0.2) is 4.98 Å². The highest BCUT2D eigenvalue weighted by Gasteiger charge is 2.19. The highest BCUT2D eigenvalue weighted by molar-refractivity contribution is 7.22. The number of anilines is 1. The SMILES string of the molecule is CCOc1cccc2sc(N(CCN(C)C)C(=O)/C=C/c3cccs3)nc12.[Cl-].